The molecular weight excluding hydrogens is 280 g/mol. The Kier molecular flexibility index (Phi) is 3.23. The van der Waals surface area contributed by atoms with Crippen molar-refractivity contribution in [1.82, 2.24) is 0 Å². The largest absolute Gasteiger partial charge is 0.422 e. The summed E-state index contributed by atoms with van der Waals surface area (Å²) in [4.78, 5) is 12.8. The topological polar surface area (TPSA) is 26.3 Å². The third-order valence-corrected chi connectivity index (χ3v) is 3.77. The number of carbonyl (C=O) groups excluding carboxylic acids is 1. The lowest BCUT2D eigenvalue weighted by Crippen LogP contribution is -1.96. The lowest BCUT2D eigenvalue weighted by Gasteiger charge is -2.00. The van der Waals surface area contributed by atoms with Gasteiger partial charge in [0.05, 0.1) is 5.57 Å². The molecule has 19 heavy (non-hydrogen) atoms. The Labute approximate surface area is 119 Å². The summed E-state index contributed by atoms with van der Waals surface area (Å²) in [6.07, 6.45) is 3.58. The van der Waals surface area contributed by atoms with Crippen molar-refractivity contribution in [2.45, 2.75) is 0 Å². The summed E-state index contributed by atoms with van der Waals surface area (Å²) in [5, 5.41) is 2.62. The van der Waals surface area contributed by atoms with Crippen molar-refractivity contribution in [2.75, 3.05) is 0 Å². The fourth-order valence-electron chi connectivity index (χ4n) is 1.77. The Morgan fingerprint density at radius 1 is 1.16 bits per heavy atom. The number of carbonyl (C=O) groups is 1. The van der Waals surface area contributed by atoms with E-state index in [9.17, 15) is 4.79 Å². The van der Waals surface area contributed by atoms with Crippen LogP contribution < -0.4 is 0 Å². The summed E-state index contributed by atoms with van der Waals surface area (Å²) in [6.45, 7) is 0. The molecule has 0 atom stereocenters. The minimum Gasteiger partial charge on any atom is -0.422 e. The number of cyclic esters (lactones) is 1. The first-order valence-electron chi connectivity index (χ1n) is 5.67. The first-order valence-corrected chi connectivity index (χ1v) is 6.93. The van der Waals surface area contributed by atoms with Gasteiger partial charge in [-0.3, -0.25) is 0 Å². The summed E-state index contributed by atoms with van der Waals surface area (Å²) < 4.78 is 5.26. The molecule has 0 saturated carbocycles. The molecule has 3 rings (SSSR count). The van der Waals surface area contributed by atoms with E-state index in [0.29, 0.717) is 16.4 Å². The number of hydrogen-bond donors (Lipinski definition) is 0. The van der Waals surface area contributed by atoms with Crippen LogP contribution in [0.5, 0.6) is 0 Å². The summed E-state index contributed by atoms with van der Waals surface area (Å²) in [5.41, 5.74) is 1.40. The van der Waals surface area contributed by atoms with E-state index < -0.39 is 0 Å². The Morgan fingerprint density at radius 2 is 1.95 bits per heavy atom. The molecule has 94 valence electrons. The Morgan fingerprint density at radius 3 is 2.63 bits per heavy atom. The summed E-state index contributed by atoms with van der Waals surface area (Å²) in [5.74, 6) is 0.239. The summed E-state index contributed by atoms with van der Waals surface area (Å²) >= 11 is 7.41. The van der Waals surface area contributed by atoms with Crippen LogP contribution >= 0.6 is 22.9 Å². The van der Waals surface area contributed by atoms with E-state index in [2.05, 4.69) is 0 Å². The Bertz CT molecular complexity index is 667. The molecule has 2 nitrogen and oxygen atoms in total. The summed E-state index contributed by atoms with van der Waals surface area (Å²) in [7, 11) is 0. The number of rotatable bonds is 2. The molecule has 1 aliphatic heterocycles. The van der Waals surface area contributed by atoms with Crippen LogP contribution in [0, 0.1) is 0 Å². The first kappa shape index (κ1) is 12.2. The van der Waals surface area contributed by atoms with E-state index in [0.717, 1.165) is 10.4 Å². The minimum absolute atomic E-state index is 0.321. The zero-order chi connectivity index (χ0) is 13.2. The molecule has 0 saturated heterocycles. The van der Waals surface area contributed by atoms with Crippen LogP contribution in [0.3, 0.4) is 0 Å². The predicted octanol–water partition coefficient (Wildman–Crippen LogP) is 4.38. The maximum atomic E-state index is 11.8. The minimum atomic E-state index is -0.321. The SMILES string of the molecule is O=C1OC(c2ccc(Cl)cc2)=C/C1=C/c1cccs1. The van der Waals surface area contributed by atoms with Gasteiger partial charge in [-0.1, -0.05) is 17.7 Å². The average molecular weight is 289 g/mol. The molecular formula is C15H9ClO2S. The van der Waals surface area contributed by atoms with Gasteiger partial charge in [-0.25, -0.2) is 4.79 Å². The maximum absolute atomic E-state index is 11.8. The van der Waals surface area contributed by atoms with Crippen molar-refractivity contribution >= 4 is 40.7 Å². The van der Waals surface area contributed by atoms with E-state index in [1.165, 1.54) is 0 Å². The third kappa shape index (κ3) is 2.62. The van der Waals surface area contributed by atoms with Crippen molar-refractivity contribution in [2.24, 2.45) is 0 Å². The van der Waals surface area contributed by atoms with E-state index >= 15 is 0 Å². The average Bonchev–Trinajstić information content (AvgIpc) is 3.02. The molecule has 1 aromatic heterocycles. The van der Waals surface area contributed by atoms with E-state index in [1.54, 1.807) is 29.5 Å². The number of thiophene rings is 1. The zero-order valence-electron chi connectivity index (χ0n) is 9.80. The van der Waals surface area contributed by atoms with E-state index in [1.807, 2.05) is 35.7 Å². The van der Waals surface area contributed by atoms with Gasteiger partial charge >= 0.3 is 5.97 Å². The van der Waals surface area contributed by atoms with Crippen molar-refractivity contribution in [3.05, 3.63) is 68.9 Å². The monoisotopic (exact) mass is 288 g/mol. The van der Waals surface area contributed by atoms with Crippen LogP contribution in [0.4, 0.5) is 0 Å². The lowest BCUT2D eigenvalue weighted by molar-refractivity contribution is -0.130. The van der Waals surface area contributed by atoms with Crippen molar-refractivity contribution in [3.8, 4) is 0 Å². The zero-order valence-corrected chi connectivity index (χ0v) is 11.4. The van der Waals surface area contributed by atoms with Gasteiger partial charge in [-0.15, -0.1) is 11.3 Å². The Balaban J connectivity index is 1.93. The molecule has 4 heteroatoms. The van der Waals surface area contributed by atoms with Gasteiger partial charge in [0.2, 0.25) is 0 Å². The molecule has 2 heterocycles. The molecule has 0 bridgehead atoms. The molecule has 1 aliphatic rings. The van der Waals surface area contributed by atoms with Crippen molar-refractivity contribution in [3.63, 3.8) is 0 Å². The normalized spacial score (nSPS) is 16.6. The maximum Gasteiger partial charge on any atom is 0.343 e. The lowest BCUT2D eigenvalue weighted by atomic mass is 10.1. The smallest absolute Gasteiger partial charge is 0.343 e. The molecule has 0 aliphatic carbocycles. The van der Waals surface area contributed by atoms with Crippen LogP contribution in [0.15, 0.2) is 53.4 Å². The number of esters is 1. The highest BCUT2D eigenvalue weighted by atomic mass is 35.5. The highest BCUT2D eigenvalue weighted by molar-refractivity contribution is 7.10. The fraction of sp³-hybridized carbons (Fsp3) is 0. The molecule has 0 spiro atoms. The Hall–Kier alpha value is -1.84. The quantitative estimate of drug-likeness (QED) is 0.605. The van der Waals surface area contributed by atoms with Crippen LogP contribution in [0.25, 0.3) is 11.8 Å². The molecule has 0 unspecified atom stereocenters. The molecule has 0 N–H and O–H groups in total. The van der Waals surface area contributed by atoms with Crippen molar-refractivity contribution in [1.29, 1.82) is 0 Å². The molecule has 0 fully saturated rings. The number of halogens is 1. The number of benzene rings is 1. The van der Waals surface area contributed by atoms with E-state index in [4.69, 9.17) is 16.3 Å². The molecule has 0 amide bonds. The van der Waals surface area contributed by atoms with E-state index in [-0.39, 0.29) is 5.97 Å². The standard InChI is InChI=1S/C15H9ClO2S/c16-12-5-3-10(4-6-12)14-9-11(15(17)18-14)8-13-2-1-7-19-13/h1-9H/b11-8-. The van der Waals surface area contributed by atoms with Gasteiger partial charge < -0.3 is 4.74 Å². The highest BCUT2D eigenvalue weighted by Crippen LogP contribution is 2.28. The van der Waals surface area contributed by atoms with Crippen LogP contribution in [-0.2, 0) is 9.53 Å². The van der Waals surface area contributed by atoms with Gasteiger partial charge in [-0.05, 0) is 47.9 Å². The highest BCUT2D eigenvalue weighted by Gasteiger charge is 2.21. The van der Waals surface area contributed by atoms with Crippen molar-refractivity contribution < 1.29 is 9.53 Å². The first-order chi connectivity index (χ1) is 9.22. The van der Waals surface area contributed by atoms with Crippen LogP contribution in [-0.4, -0.2) is 5.97 Å². The van der Waals surface area contributed by atoms with Crippen LogP contribution in [0.1, 0.15) is 10.4 Å². The van der Waals surface area contributed by atoms with Gasteiger partial charge in [-0.2, -0.15) is 0 Å². The van der Waals surface area contributed by atoms with Crippen LogP contribution in [0.2, 0.25) is 5.02 Å². The summed E-state index contributed by atoms with van der Waals surface area (Å²) in [6, 6.07) is 11.1. The van der Waals surface area contributed by atoms with Gasteiger partial charge in [0.15, 0.2) is 0 Å². The predicted molar refractivity (Wildman–Crippen MR) is 77.8 cm³/mol. The molecule has 1 aromatic carbocycles. The van der Waals surface area contributed by atoms with Gasteiger partial charge in [0.1, 0.15) is 5.76 Å². The second-order valence-corrected chi connectivity index (χ2v) is 5.44. The number of hydrogen-bond acceptors (Lipinski definition) is 3. The third-order valence-electron chi connectivity index (χ3n) is 2.69. The fourth-order valence-corrected chi connectivity index (χ4v) is 2.56. The second-order valence-electron chi connectivity index (χ2n) is 4.02. The second kappa shape index (κ2) is 5.03. The van der Waals surface area contributed by atoms with Gasteiger partial charge in [0.25, 0.3) is 0 Å². The molecule has 0 radical (unpaired) electrons. The number of ether oxygens (including phenoxy) is 1. The van der Waals surface area contributed by atoms with Gasteiger partial charge in [0, 0.05) is 15.5 Å². The molecule has 2 aromatic rings.